The Morgan fingerprint density at radius 3 is 2.64 bits per heavy atom. The Morgan fingerprint density at radius 2 is 2.27 bits per heavy atom. The summed E-state index contributed by atoms with van der Waals surface area (Å²) in [6.07, 6.45) is 2.53. The highest BCUT2D eigenvalue weighted by Crippen LogP contribution is 2.08. The standard InChI is InChI=1S/C8H13NO2/c1-7(5-8(10)11)6-9-3-2-4-9/h5H,2-4,6H2,1H3,(H,10,11)/b7-5+. The van der Waals surface area contributed by atoms with Gasteiger partial charge in [-0.15, -0.1) is 0 Å². The Hall–Kier alpha value is -0.830. The van der Waals surface area contributed by atoms with Crippen LogP contribution >= 0.6 is 0 Å². The van der Waals surface area contributed by atoms with Crippen LogP contribution < -0.4 is 0 Å². The van der Waals surface area contributed by atoms with Gasteiger partial charge in [0.2, 0.25) is 0 Å². The maximum atomic E-state index is 10.2. The smallest absolute Gasteiger partial charge is 0.328 e. The second-order valence-corrected chi connectivity index (χ2v) is 2.96. The summed E-state index contributed by atoms with van der Waals surface area (Å²) in [5.74, 6) is -0.844. The van der Waals surface area contributed by atoms with E-state index in [0.717, 1.165) is 25.2 Å². The molecule has 0 aromatic carbocycles. The van der Waals surface area contributed by atoms with Crippen LogP contribution in [0.5, 0.6) is 0 Å². The van der Waals surface area contributed by atoms with Crippen molar-refractivity contribution in [2.45, 2.75) is 13.3 Å². The molecule has 0 aromatic rings. The Bertz CT molecular complexity index is 183. The summed E-state index contributed by atoms with van der Waals surface area (Å²) in [5.41, 5.74) is 0.928. The van der Waals surface area contributed by atoms with Gasteiger partial charge in [0.1, 0.15) is 0 Å². The summed E-state index contributed by atoms with van der Waals surface area (Å²) in [4.78, 5) is 12.4. The molecule has 3 heteroatoms. The molecule has 1 heterocycles. The molecule has 1 N–H and O–H groups in total. The van der Waals surface area contributed by atoms with E-state index in [1.807, 2.05) is 6.92 Å². The molecule has 1 fully saturated rings. The summed E-state index contributed by atoms with van der Waals surface area (Å²) in [6, 6.07) is 0. The van der Waals surface area contributed by atoms with Crippen LogP contribution in [0, 0.1) is 0 Å². The monoisotopic (exact) mass is 155 g/mol. The molecular weight excluding hydrogens is 142 g/mol. The first-order valence-corrected chi connectivity index (χ1v) is 3.81. The van der Waals surface area contributed by atoms with Crippen molar-refractivity contribution in [1.82, 2.24) is 4.90 Å². The number of nitrogens with zero attached hydrogens (tertiary/aromatic N) is 1. The molecule has 62 valence electrons. The second-order valence-electron chi connectivity index (χ2n) is 2.96. The largest absolute Gasteiger partial charge is 0.478 e. The lowest BCUT2D eigenvalue weighted by atomic mass is 10.2. The highest BCUT2D eigenvalue weighted by atomic mass is 16.4. The molecule has 0 atom stereocenters. The van der Waals surface area contributed by atoms with Gasteiger partial charge in [-0.05, 0) is 26.4 Å². The van der Waals surface area contributed by atoms with E-state index in [1.165, 1.54) is 12.5 Å². The fourth-order valence-electron chi connectivity index (χ4n) is 1.15. The summed E-state index contributed by atoms with van der Waals surface area (Å²) in [5, 5.41) is 8.39. The molecule has 0 saturated carbocycles. The van der Waals surface area contributed by atoms with E-state index >= 15 is 0 Å². The molecule has 3 nitrogen and oxygen atoms in total. The van der Waals surface area contributed by atoms with Crippen LogP contribution in [0.2, 0.25) is 0 Å². The maximum absolute atomic E-state index is 10.2. The van der Waals surface area contributed by atoms with Crippen LogP contribution in [0.4, 0.5) is 0 Å². The van der Waals surface area contributed by atoms with E-state index in [9.17, 15) is 4.79 Å². The average molecular weight is 155 g/mol. The Morgan fingerprint density at radius 1 is 1.64 bits per heavy atom. The van der Waals surface area contributed by atoms with Crippen molar-refractivity contribution in [3.8, 4) is 0 Å². The van der Waals surface area contributed by atoms with Gasteiger partial charge in [0, 0.05) is 12.6 Å². The van der Waals surface area contributed by atoms with Gasteiger partial charge in [0.25, 0.3) is 0 Å². The van der Waals surface area contributed by atoms with Crippen LogP contribution in [-0.4, -0.2) is 35.6 Å². The van der Waals surface area contributed by atoms with Gasteiger partial charge in [-0.3, -0.25) is 4.90 Å². The van der Waals surface area contributed by atoms with E-state index in [4.69, 9.17) is 5.11 Å². The molecular formula is C8H13NO2. The van der Waals surface area contributed by atoms with Crippen molar-refractivity contribution < 1.29 is 9.90 Å². The third kappa shape index (κ3) is 2.72. The van der Waals surface area contributed by atoms with Gasteiger partial charge >= 0.3 is 5.97 Å². The minimum absolute atomic E-state index is 0.812. The lowest BCUT2D eigenvalue weighted by molar-refractivity contribution is -0.131. The minimum atomic E-state index is -0.844. The van der Waals surface area contributed by atoms with E-state index < -0.39 is 5.97 Å². The van der Waals surface area contributed by atoms with Gasteiger partial charge in [-0.2, -0.15) is 0 Å². The number of rotatable bonds is 3. The lowest BCUT2D eigenvalue weighted by Crippen LogP contribution is -2.38. The highest BCUT2D eigenvalue weighted by molar-refractivity contribution is 5.80. The van der Waals surface area contributed by atoms with E-state index in [0.29, 0.717) is 0 Å². The third-order valence-electron chi connectivity index (χ3n) is 1.79. The first kappa shape index (κ1) is 8.27. The predicted octanol–water partition coefficient (Wildman–Crippen LogP) is 0.723. The number of hydrogen-bond acceptors (Lipinski definition) is 2. The van der Waals surface area contributed by atoms with Crippen LogP contribution in [-0.2, 0) is 4.79 Å². The van der Waals surface area contributed by atoms with Crippen molar-refractivity contribution in [1.29, 1.82) is 0 Å². The maximum Gasteiger partial charge on any atom is 0.328 e. The van der Waals surface area contributed by atoms with Crippen LogP contribution in [0.25, 0.3) is 0 Å². The number of carboxylic acids is 1. The fraction of sp³-hybridized carbons (Fsp3) is 0.625. The minimum Gasteiger partial charge on any atom is -0.478 e. The lowest BCUT2D eigenvalue weighted by Gasteiger charge is -2.30. The van der Waals surface area contributed by atoms with Crippen molar-refractivity contribution in [2.75, 3.05) is 19.6 Å². The average Bonchev–Trinajstić information content (AvgIpc) is 1.77. The number of likely N-dealkylation sites (tertiary alicyclic amines) is 1. The van der Waals surface area contributed by atoms with Gasteiger partial charge in [-0.1, -0.05) is 5.57 Å². The van der Waals surface area contributed by atoms with Crippen molar-refractivity contribution in [3.05, 3.63) is 11.6 Å². The van der Waals surface area contributed by atoms with Gasteiger partial charge in [0.05, 0.1) is 0 Å². The summed E-state index contributed by atoms with van der Waals surface area (Å²) < 4.78 is 0. The Balaban J connectivity index is 2.29. The number of carbonyl (C=O) groups is 1. The Labute approximate surface area is 66.3 Å². The molecule has 1 rings (SSSR count). The zero-order valence-electron chi connectivity index (χ0n) is 6.71. The SMILES string of the molecule is C/C(=C\C(=O)O)CN1CCC1. The van der Waals surface area contributed by atoms with Crippen LogP contribution in [0.3, 0.4) is 0 Å². The molecule has 1 saturated heterocycles. The van der Waals surface area contributed by atoms with Gasteiger partial charge in [0.15, 0.2) is 0 Å². The van der Waals surface area contributed by atoms with Crippen molar-refractivity contribution in [3.63, 3.8) is 0 Å². The molecule has 0 bridgehead atoms. The van der Waals surface area contributed by atoms with E-state index in [1.54, 1.807) is 0 Å². The Kier molecular flexibility index (Phi) is 2.65. The fourth-order valence-corrected chi connectivity index (χ4v) is 1.15. The van der Waals surface area contributed by atoms with Crippen molar-refractivity contribution in [2.24, 2.45) is 0 Å². The van der Waals surface area contributed by atoms with Gasteiger partial charge in [-0.25, -0.2) is 4.79 Å². The van der Waals surface area contributed by atoms with Gasteiger partial charge < -0.3 is 5.11 Å². The first-order valence-electron chi connectivity index (χ1n) is 3.81. The molecule has 11 heavy (non-hydrogen) atoms. The predicted molar refractivity (Wildman–Crippen MR) is 42.4 cm³/mol. The molecule has 1 aliphatic rings. The molecule has 0 spiro atoms. The van der Waals surface area contributed by atoms with Crippen LogP contribution in [0.1, 0.15) is 13.3 Å². The summed E-state index contributed by atoms with van der Waals surface area (Å²) >= 11 is 0. The number of aliphatic carboxylic acids is 1. The molecule has 0 aliphatic carbocycles. The normalized spacial score (nSPS) is 19.5. The summed E-state index contributed by atoms with van der Waals surface area (Å²) in [7, 11) is 0. The molecule has 1 aliphatic heterocycles. The molecule has 0 aromatic heterocycles. The van der Waals surface area contributed by atoms with Crippen molar-refractivity contribution >= 4 is 5.97 Å². The quantitative estimate of drug-likeness (QED) is 0.610. The number of carboxylic acid groups (broad SMARTS) is 1. The topological polar surface area (TPSA) is 40.5 Å². The third-order valence-corrected chi connectivity index (χ3v) is 1.79. The highest BCUT2D eigenvalue weighted by Gasteiger charge is 2.13. The zero-order chi connectivity index (χ0) is 8.27. The molecule has 0 amide bonds. The van der Waals surface area contributed by atoms with E-state index in [2.05, 4.69) is 4.90 Å². The van der Waals surface area contributed by atoms with Crippen LogP contribution in [0.15, 0.2) is 11.6 Å². The molecule has 0 radical (unpaired) electrons. The van der Waals surface area contributed by atoms with E-state index in [-0.39, 0.29) is 0 Å². The second kappa shape index (κ2) is 3.53. The zero-order valence-corrected chi connectivity index (χ0v) is 6.71. The summed E-state index contributed by atoms with van der Waals surface area (Å²) in [6.45, 7) is 4.90. The first-order chi connectivity index (χ1) is 5.18. The number of hydrogen-bond donors (Lipinski definition) is 1. The molecule has 0 unspecified atom stereocenters.